The molecule has 0 saturated heterocycles. The highest BCUT2D eigenvalue weighted by atomic mass is 16.6. The van der Waals surface area contributed by atoms with E-state index in [0.29, 0.717) is 19.4 Å². The molecule has 0 radical (unpaired) electrons. The molecule has 0 aliphatic heterocycles. The van der Waals surface area contributed by atoms with Crippen LogP contribution in [0.2, 0.25) is 0 Å². The minimum atomic E-state index is -0.565. The van der Waals surface area contributed by atoms with E-state index in [4.69, 9.17) is 14.2 Å². The molecule has 0 amide bonds. The third-order valence-electron chi connectivity index (χ3n) is 11.1. The van der Waals surface area contributed by atoms with Gasteiger partial charge in [-0.05, 0) is 122 Å². The van der Waals surface area contributed by atoms with E-state index in [1.807, 2.05) is 0 Å². The summed E-state index contributed by atoms with van der Waals surface area (Å²) in [5, 5.41) is 0. The molecule has 0 aromatic rings. The number of carbonyl (C=O) groups excluding carboxylic acids is 2. The van der Waals surface area contributed by atoms with E-state index >= 15 is 0 Å². The molecule has 0 heterocycles. The average Bonchev–Trinajstić information content (AvgIpc) is 3.30. The Morgan fingerprint density at radius 2 is 0.703 bits per heavy atom. The number of ether oxygens (including phenoxy) is 3. The van der Waals surface area contributed by atoms with Crippen molar-refractivity contribution in [3.8, 4) is 0 Å². The summed E-state index contributed by atoms with van der Waals surface area (Å²) in [6.45, 7) is 7.59. The molecule has 0 aliphatic carbocycles. The van der Waals surface area contributed by atoms with Crippen LogP contribution in [0.5, 0.6) is 0 Å². The summed E-state index contributed by atoms with van der Waals surface area (Å²) in [6.07, 6.45) is 72.7. The zero-order chi connectivity index (χ0) is 46.3. The van der Waals surface area contributed by atoms with Crippen LogP contribution in [0.3, 0.4) is 0 Å². The molecule has 64 heavy (non-hydrogen) atoms. The quantitative estimate of drug-likeness (QED) is 0.0346. The standard InChI is InChI=1S/C59H100O5/c1-4-7-10-13-16-19-22-25-27-28-29-30-31-33-36-39-42-45-48-51-54-62-55-57(64-59(61)53-50-47-44-41-38-34-24-21-18-15-12-9-6-3)56-63-58(60)52-49-46-43-40-37-35-32-26-23-20-17-14-11-8-5-2/h7,10,16-17,19-21,24-27,29-30,32-33,36,57H,4-6,8-9,11-15,18,22-23,28,31,34-35,37-56H2,1-3H3/b10-7-,19-16-,20-17-,24-21-,27-25-,30-29-,32-26-,36-33-. The molecule has 0 saturated carbocycles. The molecule has 1 unspecified atom stereocenters. The van der Waals surface area contributed by atoms with Gasteiger partial charge in [-0.2, -0.15) is 0 Å². The zero-order valence-electron chi connectivity index (χ0n) is 42.0. The van der Waals surface area contributed by atoms with E-state index < -0.39 is 6.10 Å². The van der Waals surface area contributed by atoms with Gasteiger partial charge in [-0.1, -0.05) is 201 Å². The number of carbonyl (C=O) groups is 2. The molecular formula is C59H100O5. The second-order valence-corrected chi connectivity index (χ2v) is 17.4. The molecule has 0 aromatic heterocycles. The highest BCUT2D eigenvalue weighted by Crippen LogP contribution is 2.13. The van der Waals surface area contributed by atoms with Crippen molar-refractivity contribution in [3.05, 3.63) is 97.2 Å². The fraction of sp³-hybridized carbons (Fsp3) is 0.695. The molecule has 0 fully saturated rings. The van der Waals surface area contributed by atoms with Gasteiger partial charge in [0.25, 0.3) is 0 Å². The predicted octanol–water partition coefficient (Wildman–Crippen LogP) is 18.2. The van der Waals surface area contributed by atoms with Gasteiger partial charge < -0.3 is 14.2 Å². The van der Waals surface area contributed by atoms with Gasteiger partial charge in [-0.3, -0.25) is 9.59 Å². The summed E-state index contributed by atoms with van der Waals surface area (Å²) in [7, 11) is 0. The molecule has 5 nitrogen and oxygen atoms in total. The fourth-order valence-corrected chi connectivity index (χ4v) is 7.09. The number of hydrogen-bond acceptors (Lipinski definition) is 5. The predicted molar refractivity (Wildman–Crippen MR) is 279 cm³/mol. The number of rotatable bonds is 48. The molecule has 0 N–H and O–H groups in total. The van der Waals surface area contributed by atoms with Crippen molar-refractivity contribution in [3.63, 3.8) is 0 Å². The fourth-order valence-electron chi connectivity index (χ4n) is 7.09. The summed E-state index contributed by atoms with van der Waals surface area (Å²) in [4.78, 5) is 25.4. The first kappa shape index (κ1) is 60.8. The first-order valence-electron chi connectivity index (χ1n) is 26.8. The minimum absolute atomic E-state index is 0.0597. The van der Waals surface area contributed by atoms with Gasteiger partial charge in [0.15, 0.2) is 6.10 Å². The van der Waals surface area contributed by atoms with Gasteiger partial charge >= 0.3 is 11.9 Å². The van der Waals surface area contributed by atoms with E-state index in [0.717, 1.165) is 116 Å². The summed E-state index contributed by atoms with van der Waals surface area (Å²) in [5.74, 6) is -0.440. The maximum absolute atomic E-state index is 12.8. The Kier molecular flexibility index (Phi) is 51.5. The van der Waals surface area contributed by atoms with E-state index in [1.54, 1.807) is 0 Å². The van der Waals surface area contributed by atoms with Gasteiger partial charge in [0.05, 0.1) is 6.61 Å². The van der Waals surface area contributed by atoms with Gasteiger partial charge in [0, 0.05) is 19.4 Å². The van der Waals surface area contributed by atoms with E-state index in [2.05, 4.69) is 118 Å². The second kappa shape index (κ2) is 54.2. The maximum atomic E-state index is 12.8. The highest BCUT2D eigenvalue weighted by molar-refractivity contribution is 5.70. The Morgan fingerprint density at radius 1 is 0.359 bits per heavy atom. The van der Waals surface area contributed by atoms with E-state index in [-0.39, 0.29) is 25.2 Å². The number of esters is 2. The van der Waals surface area contributed by atoms with Crippen LogP contribution in [0.4, 0.5) is 0 Å². The summed E-state index contributed by atoms with van der Waals surface area (Å²) >= 11 is 0. The van der Waals surface area contributed by atoms with Crippen LogP contribution in [0.15, 0.2) is 97.2 Å². The molecule has 1 atom stereocenters. The molecule has 5 heteroatoms. The molecule has 0 spiro atoms. The number of unbranched alkanes of at least 4 members (excludes halogenated alkanes) is 21. The Bertz CT molecular complexity index is 1230. The SMILES string of the molecule is CC/C=C\C/C=C\C/C=C\C/C=C\C/C=C\CCCCCCOCC(COC(=O)CCCCCCC/C=C\C/C=C\CCCCC)OC(=O)CCCCCCC/C=C\CCCCCC. The van der Waals surface area contributed by atoms with Crippen molar-refractivity contribution in [2.75, 3.05) is 19.8 Å². The average molecular weight is 889 g/mol. The lowest BCUT2D eigenvalue weighted by atomic mass is 10.1. The van der Waals surface area contributed by atoms with Crippen molar-refractivity contribution >= 4 is 11.9 Å². The topological polar surface area (TPSA) is 61.8 Å². The highest BCUT2D eigenvalue weighted by Gasteiger charge is 2.17. The van der Waals surface area contributed by atoms with Crippen LogP contribution in [-0.4, -0.2) is 37.9 Å². The van der Waals surface area contributed by atoms with Crippen LogP contribution >= 0.6 is 0 Å². The van der Waals surface area contributed by atoms with Crippen molar-refractivity contribution in [2.45, 2.75) is 245 Å². The van der Waals surface area contributed by atoms with Crippen molar-refractivity contribution < 1.29 is 23.8 Å². The summed E-state index contributed by atoms with van der Waals surface area (Å²) in [5.41, 5.74) is 0. The first-order valence-corrected chi connectivity index (χ1v) is 26.8. The normalized spacial score (nSPS) is 13.0. The second-order valence-electron chi connectivity index (χ2n) is 17.4. The van der Waals surface area contributed by atoms with Crippen molar-refractivity contribution in [1.82, 2.24) is 0 Å². The number of allylic oxidation sites excluding steroid dienone is 16. The Morgan fingerprint density at radius 3 is 1.17 bits per heavy atom. The summed E-state index contributed by atoms with van der Waals surface area (Å²) < 4.78 is 17.4. The molecule has 0 aliphatic rings. The van der Waals surface area contributed by atoms with E-state index in [1.165, 1.54) is 89.9 Å². The molecule has 0 rings (SSSR count). The van der Waals surface area contributed by atoms with Gasteiger partial charge in [0.2, 0.25) is 0 Å². The van der Waals surface area contributed by atoms with Crippen LogP contribution in [-0.2, 0) is 23.8 Å². The third-order valence-corrected chi connectivity index (χ3v) is 11.1. The lowest BCUT2D eigenvalue weighted by Crippen LogP contribution is -2.30. The molecule has 0 bridgehead atoms. The number of hydrogen-bond donors (Lipinski definition) is 0. The lowest BCUT2D eigenvalue weighted by Gasteiger charge is -2.18. The third kappa shape index (κ3) is 51.5. The van der Waals surface area contributed by atoms with Crippen molar-refractivity contribution in [2.24, 2.45) is 0 Å². The Labute approximate surface area is 396 Å². The zero-order valence-corrected chi connectivity index (χ0v) is 42.0. The van der Waals surface area contributed by atoms with Crippen molar-refractivity contribution in [1.29, 1.82) is 0 Å². The molecular weight excluding hydrogens is 789 g/mol. The smallest absolute Gasteiger partial charge is 0.306 e. The van der Waals surface area contributed by atoms with Crippen LogP contribution < -0.4 is 0 Å². The summed E-state index contributed by atoms with van der Waals surface area (Å²) in [6, 6.07) is 0. The maximum Gasteiger partial charge on any atom is 0.306 e. The molecule has 366 valence electrons. The Hall–Kier alpha value is -3.18. The minimum Gasteiger partial charge on any atom is -0.462 e. The van der Waals surface area contributed by atoms with Gasteiger partial charge in [-0.25, -0.2) is 0 Å². The van der Waals surface area contributed by atoms with E-state index in [9.17, 15) is 9.59 Å². The van der Waals surface area contributed by atoms with Crippen LogP contribution in [0, 0.1) is 0 Å². The Balaban J connectivity index is 4.36. The van der Waals surface area contributed by atoms with Gasteiger partial charge in [-0.15, -0.1) is 0 Å². The van der Waals surface area contributed by atoms with Gasteiger partial charge in [0.1, 0.15) is 6.61 Å². The molecule has 0 aromatic carbocycles. The lowest BCUT2D eigenvalue weighted by molar-refractivity contribution is -0.163. The van der Waals surface area contributed by atoms with Crippen LogP contribution in [0.1, 0.15) is 239 Å². The largest absolute Gasteiger partial charge is 0.462 e. The first-order chi connectivity index (χ1) is 31.6. The van der Waals surface area contributed by atoms with Crippen LogP contribution in [0.25, 0.3) is 0 Å². The monoisotopic (exact) mass is 889 g/mol.